The number of pyridine rings is 1. The molecule has 1 rings (SSSR count). The van der Waals surface area contributed by atoms with Gasteiger partial charge >= 0.3 is 0 Å². The molecule has 2 N–H and O–H groups in total. The maximum atomic E-state index is 5.60. The van der Waals surface area contributed by atoms with Crippen molar-refractivity contribution in [2.75, 3.05) is 0 Å². The molecule has 0 aromatic carbocycles. The van der Waals surface area contributed by atoms with Crippen LogP contribution < -0.4 is 5.73 Å². The number of aromatic nitrogens is 1. The Morgan fingerprint density at radius 1 is 1.67 bits per heavy atom. The average Bonchev–Trinajstić information content (AvgIpc) is 2.26. The van der Waals surface area contributed by atoms with Crippen LogP contribution in [0, 0.1) is 0 Å². The minimum atomic E-state index is 0.270. The molecule has 4 heteroatoms. The molecule has 82 valence electrons. The van der Waals surface area contributed by atoms with E-state index in [1.54, 1.807) is 6.20 Å². The second-order valence-electron chi connectivity index (χ2n) is 3.44. The zero-order chi connectivity index (χ0) is 11.3. The van der Waals surface area contributed by atoms with Crippen LogP contribution in [0.5, 0.6) is 0 Å². The van der Waals surface area contributed by atoms with Crippen LogP contribution in [0.4, 0.5) is 0 Å². The maximum Gasteiger partial charge on any atom is 0.122 e. The normalized spacial score (nSPS) is 12.4. The largest absolute Gasteiger partial charge is 0.388 e. The van der Waals surface area contributed by atoms with E-state index < -0.39 is 0 Å². The van der Waals surface area contributed by atoms with Gasteiger partial charge in [-0.1, -0.05) is 19.1 Å². The highest BCUT2D eigenvalue weighted by atomic mass is 32.1. The summed E-state index contributed by atoms with van der Waals surface area (Å²) in [6.07, 6.45) is 2.98. The van der Waals surface area contributed by atoms with E-state index in [9.17, 15) is 0 Å². The maximum absolute atomic E-state index is 5.60. The zero-order valence-electron chi connectivity index (χ0n) is 9.06. The Labute approximate surface area is 95.7 Å². The highest BCUT2D eigenvalue weighted by Gasteiger charge is 2.02. The van der Waals surface area contributed by atoms with E-state index in [1.165, 1.54) is 0 Å². The molecule has 1 unspecified atom stereocenters. The Morgan fingerprint density at radius 2 is 2.40 bits per heavy atom. The molecule has 1 aromatic rings. The molecular weight excluding hydrogens is 208 g/mol. The Morgan fingerprint density at radius 3 is 3.00 bits per heavy atom. The molecule has 3 nitrogen and oxygen atoms in total. The van der Waals surface area contributed by atoms with Gasteiger partial charge in [0.2, 0.25) is 0 Å². The first-order chi connectivity index (χ1) is 7.13. The van der Waals surface area contributed by atoms with Crippen LogP contribution in [0.2, 0.25) is 0 Å². The van der Waals surface area contributed by atoms with Crippen LogP contribution in [-0.2, 0) is 11.3 Å². The molecule has 0 saturated carbocycles. The summed E-state index contributed by atoms with van der Waals surface area (Å²) in [5, 5.41) is 0. The van der Waals surface area contributed by atoms with Gasteiger partial charge in [0.25, 0.3) is 0 Å². The smallest absolute Gasteiger partial charge is 0.122 e. The van der Waals surface area contributed by atoms with Crippen molar-refractivity contribution in [1.82, 2.24) is 4.98 Å². The Bertz CT molecular complexity index is 341. The van der Waals surface area contributed by atoms with Crippen molar-refractivity contribution in [3.63, 3.8) is 0 Å². The van der Waals surface area contributed by atoms with Gasteiger partial charge in [-0.15, -0.1) is 0 Å². The van der Waals surface area contributed by atoms with Crippen molar-refractivity contribution >= 4 is 17.2 Å². The van der Waals surface area contributed by atoms with Gasteiger partial charge in [0.05, 0.1) is 18.4 Å². The first-order valence-electron chi connectivity index (χ1n) is 4.99. The summed E-state index contributed by atoms with van der Waals surface area (Å²) in [7, 11) is 0. The topological polar surface area (TPSA) is 48.1 Å². The van der Waals surface area contributed by atoms with E-state index in [4.69, 9.17) is 22.7 Å². The lowest BCUT2D eigenvalue weighted by Crippen LogP contribution is -2.12. The molecule has 0 aliphatic heterocycles. The van der Waals surface area contributed by atoms with Crippen LogP contribution >= 0.6 is 12.2 Å². The summed E-state index contributed by atoms with van der Waals surface area (Å²) in [5.41, 5.74) is 7.19. The van der Waals surface area contributed by atoms with Crippen molar-refractivity contribution in [2.24, 2.45) is 5.73 Å². The van der Waals surface area contributed by atoms with Gasteiger partial charge in [-0.25, -0.2) is 0 Å². The quantitative estimate of drug-likeness (QED) is 0.777. The first-order valence-corrected chi connectivity index (χ1v) is 5.40. The molecule has 0 radical (unpaired) electrons. The fourth-order valence-electron chi connectivity index (χ4n) is 1.06. The summed E-state index contributed by atoms with van der Waals surface area (Å²) < 4.78 is 5.60. The van der Waals surface area contributed by atoms with Gasteiger partial charge in [-0.05, 0) is 31.0 Å². The SMILES string of the molecule is CCC(C)OCc1ccnc(C(N)=S)c1. The number of hydrogen-bond donors (Lipinski definition) is 1. The monoisotopic (exact) mass is 224 g/mol. The molecule has 1 heterocycles. The van der Waals surface area contributed by atoms with Gasteiger partial charge in [-0.3, -0.25) is 4.98 Å². The van der Waals surface area contributed by atoms with E-state index in [0.717, 1.165) is 12.0 Å². The summed E-state index contributed by atoms with van der Waals surface area (Å²) in [4.78, 5) is 4.38. The van der Waals surface area contributed by atoms with E-state index in [2.05, 4.69) is 18.8 Å². The van der Waals surface area contributed by atoms with Crippen molar-refractivity contribution in [2.45, 2.75) is 33.0 Å². The molecule has 0 bridgehead atoms. The van der Waals surface area contributed by atoms with Crippen LogP contribution in [0.15, 0.2) is 18.3 Å². The number of nitrogens with zero attached hydrogens (tertiary/aromatic N) is 1. The molecule has 0 aliphatic carbocycles. The molecule has 15 heavy (non-hydrogen) atoms. The van der Waals surface area contributed by atoms with E-state index in [1.807, 2.05) is 12.1 Å². The van der Waals surface area contributed by atoms with Gasteiger partial charge in [0.1, 0.15) is 4.99 Å². The minimum absolute atomic E-state index is 0.270. The van der Waals surface area contributed by atoms with Crippen molar-refractivity contribution < 1.29 is 4.74 Å². The molecule has 1 aromatic heterocycles. The number of hydrogen-bond acceptors (Lipinski definition) is 3. The summed E-state index contributed by atoms with van der Waals surface area (Å²) in [6, 6.07) is 3.77. The van der Waals surface area contributed by atoms with Gasteiger partial charge in [0.15, 0.2) is 0 Å². The summed E-state index contributed by atoms with van der Waals surface area (Å²) in [5.74, 6) is 0. The number of rotatable bonds is 5. The fraction of sp³-hybridized carbons (Fsp3) is 0.455. The molecule has 0 spiro atoms. The third kappa shape index (κ3) is 3.93. The second kappa shape index (κ2) is 5.78. The molecule has 0 fully saturated rings. The number of thiocarbonyl (C=S) groups is 1. The van der Waals surface area contributed by atoms with Crippen LogP contribution in [-0.4, -0.2) is 16.1 Å². The van der Waals surface area contributed by atoms with E-state index >= 15 is 0 Å². The predicted molar refractivity (Wildman–Crippen MR) is 64.7 cm³/mol. The van der Waals surface area contributed by atoms with Crippen LogP contribution in [0.25, 0.3) is 0 Å². The fourth-order valence-corrected chi connectivity index (χ4v) is 1.17. The van der Waals surface area contributed by atoms with Gasteiger partial charge in [-0.2, -0.15) is 0 Å². The highest BCUT2D eigenvalue weighted by Crippen LogP contribution is 2.06. The lowest BCUT2D eigenvalue weighted by atomic mass is 10.2. The summed E-state index contributed by atoms with van der Waals surface area (Å²) >= 11 is 4.85. The molecule has 0 saturated heterocycles. The van der Waals surface area contributed by atoms with Gasteiger partial charge in [0, 0.05) is 6.20 Å². The molecule has 0 amide bonds. The Hall–Kier alpha value is -1.00. The third-order valence-corrected chi connectivity index (χ3v) is 2.40. The van der Waals surface area contributed by atoms with E-state index in [0.29, 0.717) is 17.3 Å². The standard InChI is InChI=1S/C11H16N2OS/c1-3-8(2)14-7-9-4-5-13-10(6-9)11(12)15/h4-6,8H,3,7H2,1-2H3,(H2,12,15). The Balaban J connectivity index is 2.62. The van der Waals surface area contributed by atoms with Crippen LogP contribution in [0.3, 0.4) is 0 Å². The third-order valence-electron chi connectivity index (χ3n) is 2.19. The van der Waals surface area contributed by atoms with Crippen molar-refractivity contribution in [3.8, 4) is 0 Å². The Kier molecular flexibility index (Phi) is 4.65. The van der Waals surface area contributed by atoms with Crippen LogP contribution in [0.1, 0.15) is 31.5 Å². The minimum Gasteiger partial charge on any atom is -0.388 e. The average molecular weight is 224 g/mol. The van der Waals surface area contributed by atoms with Crippen molar-refractivity contribution in [1.29, 1.82) is 0 Å². The number of ether oxygens (including phenoxy) is 1. The number of nitrogens with two attached hydrogens (primary N) is 1. The predicted octanol–water partition coefficient (Wildman–Crippen LogP) is 2.03. The lowest BCUT2D eigenvalue weighted by molar-refractivity contribution is 0.0508. The molecular formula is C11H16N2OS. The first kappa shape index (κ1) is 12.1. The highest BCUT2D eigenvalue weighted by molar-refractivity contribution is 7.80. The zero-order valence-corrected chi connectivity index (χ0v) is 9.88. The van der Waals surface area contributed by atoms with Crippen molar-refractivity contribution in [3.05, 3.63) is 29.6 Å². The van der Waals surface area contributed by atoms with E-state index in [-0.39, 0.29) is 6.10 Å². The summed E-state index contributed by atoms with van der Waals surface area (Å²) in [6.45, 7) is 4.72. The second-order valence-corrected chi connectivity index (χ2v) is 3.88. The molecule has 0 aliphatic rings. The molecule has 1 atom stereocenters. The lowest BCUT2D eigenvalue weighted by Gasteiger charge is -2.10. The van der Waals surface area contributed by atoms with Gasteiger partial charge < -0.3 is 10.5 Å².